The van der Waals surface area contributed by atoms with Crippen LogP contribution in [0.2, 0.25) is 0 Å². The molecule has 0 saturated carbocycles. The van der Waals surface area contributed by atoms with Crippen LogP contribution in [0.3, 0.4) is 0 Å². The normalized spacial score (nSPS) is 31.1. The summed E-state index contributed by atoms with van der Waals surface area (Å²) in [5.74, 6) is 0. The lowest BCUT2D eigenvalue weighted by Gasteiger charge is -2.28. The van der Waals surface area contributed by atoms with Gasteiger partial charge in [0.25, 0.3) is 0 Å². The minimum absolute atomic E-state index is 0.413. The third kappa shape index (κ3) is 2.56. The minimum Gasteiger partial charge on any atom is -0.330 e. The molecule has 0 radical (unpaired) electrons. The van der Waals surface area contributed by atoms with Crippen LogP contribution in [0.25, 0.3) is 0 Å². The van der Waals surface area contributed by atoms with Crippen molar-refractivity contribution in [3.05, 3.63) is 0 Å². The number of alkyl halides is 1. The molecule has 0 amide bonds. The first-order valence-corrected chi connectivity index (χ1v) is 5.87. The smallest absolute Gasteiger partial charge is 0.0201 e. The van der Waals surface area contributed by atoms with Gasteiger partial charge in [0.2, 0.25) is 0 Å². The van der Waals surface area contributed by atoms with Gasteiger partial charge in [-0.05, 0) is 38.8 Å². The molecule has 1 unspecified atom stereocenters. The van der Waals surface area contributed by atoms with Crippen LogP contribution in [0.1, 0.15) is 25.7 Å². The Balaban J connectivity index is 2.40. The van der Waals surface area contributed by atoms with E-state index in [0.717, 1.165) is 13.0 Å². The highest BCUT2D eigenvalue weighted by atomic mass is 127. The SMILES string of the molecule is NCCC1(CCI)CCCN1. The summed E-state index contributed by atoms with van der Waals surface area (Å²) in [4.78, 5) is 0. The molecule has 3 heteroatoms. The van der Waals surface area contributed by atoms with Gasteiger partial charge in [0, 0.05) is 9.97 Å². The van der Waals surface area contributed by atoms with E-state index < -0.39 is 0 Å². The Kier molecular flexibility index (Phi) is 4.09. The van der Waals surface area contributed by atoms with Crippen LogP contribution in [0.15, 0.2) is 0 Å². The van der Waals surface area contributed by atoms with Crippen LogP contribution >= 0.6 is 22.6 Å². The van der Waals surface area contributed by atoms with E-state index in [-0.39, 0.29) is 0 Å². The summed E-state index contributed by atoms with van der Waals surface area (Å²) in [7, 11) is 0. The molecule has 0 bridgehead atoms. The Morgan fingerprint density at radius 3 is 2.73 bits per heavy atom. The Labute approximate surface area is 82.4 Å². The summed E-state index contributed by atoms with van der Waals surface area (Å²) in [6.07, 6.45) is 5.09. The number of nitrogens with two attached hydrogens (primary N) is 1. The zero-order valence-corrected chi connectivity index (χ0v) is 9.06. The van der Waals surface area contributed by atoms with E-state index in [1.54, 1.807) is 0 Å². The summed E-state index contributed by atoms with van der Waals surface area (Å²) < 4.78 is 1.24. The van der Waals surface area contributed by atoms with Gasteiger partial charge in [0.1, 0.15) is 0 Å². The van der Waals surface area contributed by atoms with Crippen LogP contribution in [-0.2, 0) is 0 Å². The molecule has 1 rings (SSSR count). The maximum Gasteiger partial charge on any atom is 0.0201 e. The standard InChI is InChI=1S/C8H17IN2/c9-5-3-8(4-6-10)2-1-7-11-8/h11H,1-7,10H2. The average Bonchev–Trinajstić information content (AvgIpc) is 2.39. The molecule has 2 nitrogen and oxygen atoms in total. The van der Waals surface area contributed by atoms with Crippen molar-refractivity contribution in [2.45, 2.75) is 31.2 Å². The van der Waals surface area contributed by atoms with E-state index in [1.807, 2.05) is 0 Å². The monoisotopic (exact) mass is 268 g/mol. The first kappa shape index (κ1) is 9.74. The van der Waals surface area contributed by atoms with Gasteiger partial charge >= 0.3 is 0 Å². The predicted molar refractivity (Wildman–Crippen MR) is 57.1 cm³/mol. The summed E-state index contributed by atoms with van der Waals surface area (Å²) in [6, 6.07) is 0. The Bertz CT molecular complexity index is 103. The van der Waals surface area contributed by atoms with Crippen molar-refractivity contribution in [1.82, 2.24) is 5.32 Å². The van der Waals surface area contributed by atoms with Crippen molar-refractivity contribution >= 4 is 22.6 Å². The fourth-order valence-corrected chi connectivity index (χ4v) is 2.91. The average molecular weight is 268 g/mol. The Morgan fingerprint density at radius 1 is 1.45 bits per heavy atom. The molecule has 1 aliphatic rings. The molecule has 0 aliphatic carbocycles. The quantitative estimate of drug-likeness (QED) is 0.595. The molecule has 66 valence electrons. The first-order valence-electron chi connectivity index (χ1n) is 4.34. The van der Waals surface area contributed by atoms with Gasteiger partial charge in [-0.25, -0.2) is 0 Å². The highest BCUT2D eigenvalue weighted by Crippen LogP contribution is 2.26. The molecule has 1 heterocycles. The van der Waals surface area contributed by atoms with E-state index in [0.29, 0.717) is 5.54 Å². The predicted octanol–water partition coefficient (Wildman–Crippen LogP) is 1.28. The molecule has 0 spiro atoms. The number of rotatable bonds is 4. The van der Waals surface area contributed by atoms with Crippen molar-refractivity contribution < 1.29 is 0 Å². The zero-order valence-electron chi connectivity index (χ0n) is 6.91. The summed E-state index contributed by atoms with van der Waals surface area (Å²) in [6.45, 7) is 2.01. The van der Waals surface area contributed by atoms with Crippen LogP contribution in [0.4, 0.5) is 0 Å². The molecule has 0 aromatic carbocycles. The molecule has 0 aromatic heterocycles. The number of halogens is 1. The van der Waals surface area contributed by atoms with Crippen molar-refractivity contribution in [2.24, 2.45) is 5.73 Å². The number of hydrogen-bond acceptors (Lipinski definition) is 2. The molecule has 3 N–H and O–H groups in total. The molecular formula is C8H17IN2. The Hall–Kier alpha value is 0.650. The van der Waals surface area contributed by atoms with Gasteiger partial charge in [0.15, 0.2) is 0 Å². The topological polar surface area (TPSA) is 38.0 Å². The third-order valence-corrected chi connectivity index (χ3v) is 3.07. The molecule has 1 aliphatic heterocycles. The highest BCUT2D eigenvalue weighted by molar-refractivity contribution is 14.1. The van der Waals surface area contributed by atoms with Crippen molar-refractivity contribution in [3.8, 4) is 0 Å². The van der Waals surface area contributed by atoms with E-state index in [1.165, 1.54) is 30.2 Å². The van der Waals surface area contributed by atoms with Gasteiger partial charge in [-0.1, -0.05) is 22.6 Å². The third-order valence-electron chi connectivity index (χ3n) is 2.53. The molecule has 11 heavy (non-hydrogen) atoms. The van der Waals surface area contributed by atoms with E-state index in [4.69, 9.17) is 5.73 Å². The fraction of sp³-hybridized carbons (Fsp3) is 1.00. The maximum atomic E-state index is 5.58. The number of hydrogen-bond donors (Lipinski definition) is 2. The first-order chi connectivity index (χ1) is 5.33. The lowest BCUT2D eigenvalue weighted by molar-refractivity contribution is 0.345. The summed E-state index contributed by atoms with van der Waals surface area (Å²) >= 11 is 2.45. The zero-order chi connectivity index (χ0) is 8.16. The second-order valence-electron chi connectivity index (χ2n) is 3.29. The lowest BCUT2D eigenvalue weighted by atomic mass is 9.90. The van der Waals surface area contributed by atoms with Crippen LogP contribution in [0.5, 0.6) is 0 Å². The van der Waals surface area contributed by atoms with Crippen LogP contribution < -0.4 is 11.1 Å². The van der Waals surface area contributed by atoms with Gasteiger partial charge in [-0.15, -0.1) is 0 Å². The second-order valence-corrected chi connectivity index (χ2v) is 4.37. The van der Waals surface area contributed by atoms with E-state index in [9.17, 15) is 0 Å². The van der Waals surface area contributed by atoms with Crippen molar-refractivity contribution in [3.63, 3.8) is 0 Å². The summed E-state index contributed by atoms with van der Waals surface area (Å²) in [5, 5.41) is 3.59. The van der Waals surface area contributed by atoms with E-state index in [2.05, 4.69) is 27.9 Å². The van der Waals surface area contributed by atoms with Crippen molar-refractivity contribution in [1.29, 1.82) is 0 Å². The molecular weight excluding hydrogens is 251 g/mol. The van der Waals surface area contributed by atoms with Gasteiger partial charge in [0.05, 0.1) is 0 Å². The van der Waals surface area contributed by atoms with Gasteiger partial charge < -0.3 is 11.1 Å². The van der Waals surface area contributed by atoms with Gasteiger partial charge in [-0.3, -0.25) is 0 Å². The minimum atomic E-state index is 0.413. The van der Waals surface area contributed by atoms with Gasteiger partial charge in [-0.2, -0.15) is 0 Å². The molecule has 1 fully saturated rings. The lowest BCUT2D eigenvalue weighted by Crippen LogP contribution is -2.41. The highest BCUT2D eigenvalue weighted by Gasteiger charge is 2.31. The second kappa shape index (κ2) is 4.62. The fourth-order valence-electron chi connectivity index (χ4n) is 1.88. The summed E-state index contributed by atoms with van der Waals surface area (Å²) in [5.41, 5.74) is 5.99. The largest absolute Gasteiger partial charge is 0.330 e. The van der Waals surface area contributed by atoms with Crippen molar-refractivity contribution in [2.75, 3.05) is 17.5 Å². The van der Waals surface area contributed by atoms with E-state index >= 15 is 0 Å². The molecule has 1 saturated heterocycles. The Morgan fingerprint density at radius 2 is 2.27 bits per heavy atom. The van der Waals surface area contributed by atoms with Crippen LogP contribution in [-0.4, -0.2) is 23.1 Å². The maximum absolute atomic E-state index is 5.58. The molecule has 1 atom stereocenters. The number of nitrogens with one attached hydrogen (secondary N) is 1. The van der Waals surface area contributed by atoms with Crippen LogP contribution in [0, 0.1) is 0 Å². The molecule has 0 aromatic rings.